The second-order valence-corrected chi connectivity index (χ2v) is 9.89. The van der Waals surface area contributed by atoms with Crippen LogP contribution in [0.3, 0.4) is 0 Å². The number of hydrogen-bond donors (Lipinski definition) is 0. The van der Waals surface area contributed by atoms with Gasteiger partial charge < -0.3 is 0 Å². The molecule has 0 aliphatic carbocycles. The van der Waals surface area contributed by atoms with Crippen LogP contribution in [0.5, 0.6) is 0 Å². The van der Waals surface area contributed by atoms with Crippen molar-refractivity contribution in [2.75, 3.05) is 0 Å². The molecule has 138 valence electrons. The molecule has 31 heavy (non-hydrogen) atoms. The summed E-state index contributed by atoms with van der Waals surface area (Å²) >= 11 is 0. The van der Waals surface area contributed by atoms with Crippen molar-refractivity contribution in [1.82, 2.24) is 0 Å². The first-order valence-electron chi connectivity index (χ1n) is 11.6. The normalized spacial score (nSPS) is 11.0. The van der Waals surface area contributed by atoms with Gasteiger partial charge in [-0.05, 0) is 22.3 Å². The molecule has 0 fully saturated rings. The molecular formula is C18H27B13. The molecule has 0 aromatic heterocycles. The van der Waals surface area contributed by atoms with E-state index in [4.69, 9.17) is 0 Å². The third kappa shape index (κ3) is 3.61. The molecule has 0 radical (unpaired) electrons. The van der Waals surface area contributed by atoms with Gasteiger partial charge in [0.15, 0.2) is 0 Å². The molecule has 3 aromatic carbocycles. The van der Waals surface area contributed by atoms with E-state index in [2.05, 4.69) is 108 Å². The Morgan fingerprint density at radius 2 is 0.452 bits per heavy atom. The van der Waals surface area contributed by atoms with Crippen LogP contribution in [-0.4, -0.2) is 102 Å². The van der Waals surface area contributed by atoms with E-state index in [9.17, 15) is 0 Å². The van der Waals surface area contributed by atoms with Gasteiger partial charge in [0.1, 0.15) is 102 Å². The van der Waals surface area contributed by atoms with Crippen LogP contribution in [0.1, 0.15) is 0 Å². The minimum atomic E-state index is 1.38. The van der Waals surface area contributed by atoms with Crippen molar-refractivity contribution in [2.24, 2.45) is 0 Å². The van der Waals surface area contributed by atoms with Crippen LogP contribution in [-0.2, 0) is 0 Å². The van der Waals surface area contributed by atoms with Crippen LogP contribution in [0.4, 0.5) is 0 Å². The van der Waals surface area contributed by atoms with Gasteiger partial charge in [-0.3, -0.25) is 0 Å². The third-order valence-corrected chi connectivity index (χ3v) is 8.49. The van der Waals surface area contributed by atoms with Gasteiger partial charge in [-0.15, -0.1) is 16.4 Å². The molecule has 0 saturated heterocycles. The minimum absolute atomic E-state index is 1.38. The predicted octanol–water partition coefficient (Wildman–Crippen LogP) is -17.6. The molecule has 0 aliphatic rings. The van der Waals surface area contributed by atoms with E-state index in [1.165, 1.54) is 93.3 Å². The van der Waals surface area contributed by atoms with Crippen LogP contribution in [0.2, 0.25) is 0 Å². The second-order valence-electron chi connectivity index (χ2n) is 9.89. The van der Waals surface area contributed by atoms with Gasteiger partial charge in [-0.25, -0.2) is 0 Å². The topological polar surface area (TPSA) is 0 Å². The monoisotopic (exact) mass is 386 g/mol. The van der Waals surface area contributed by atoms with Crippen LogP contribution in [0, 0.1) is 0 Å². The maximum Gasteiger partial charge on any atom is 0.139 e. The number of benzene rings is 3. The largest absolute Gasteiger partial charge is 0.139 e. The van der Waals surface area contributed by atoms with Gasteiger partial charge in [0, 0.05) is 0 Å². The summed E-state index contributed by atoms with van der Waals surface area (Å²) in [7, 11) is 29.8. The highest BCUT2D eigenvalue weighted by Crippen LogP contribution is 2.12. The van der Waals surface area contributed by atoms with Crippen LogP contribution >= 0.6 is 0 Å². The molecular weight excluding hydrogens is 357 g/mol. The van der Waals surface area contributed by atoms with E-state index in [0.29, 0.717) is 0 Å². The molecule has 0 bridgehead atoms. The average Bonchev–Trinajstić information content (AvgIpc) is 2.72. The fraction of sp³-hybridized carbons (Fsp3) is 0. The van der Waals surface area contributed by atoms with Gasteiger partial charge in [-0.2, -0.15) is 0 Å². The number of rotatable bonds is 2. The maximum absolute atomic E-state index is 2.33. The van der Waals surface area contributed by atoms with Crippen LogP contribution in [0.15, 0.2) is 6.07 Å². The van der Waals surface area contributed by atoms with Crippen molar-refractivity contribution in [3.8, 4) is 22.3 Å². The van der Waals surface area contributed by atoms with E-state index in [0.717, 1.165) is 0 Å². The summed E-state index contributed by atoms with van der Waals surface area (Å²) in [5, 5.41) is 0. The Hall–Kier alpha value is -1.50. The highest BCUT2D eigenvalue weighted by Gasteiger charge is 2.22. The molecule has 0 nitrogen and oxygen atoms in total. The first kappa shape index (κ1) is 24.2. The molecule has 0 heterocycles. The maximum atomic E-state index is 2.33. The Morgan fingerprint density at radius 3 is 0.742 bits per heavy atom. The Kier molecular flexibility index (Phi) is 6.59. The molecule has 3 rings (SSSR count). The molecule has 0 spiro atoms. The van der Waals surface area contributed by atoms with E-state index in [1.807, 2.05) is 0 Å². The van der Waals surface area contributed by atoms with Gasteiger partial charge in [0.05, 0.1) is 0 Å². The molecule has 0 aliphatic heterocycles. The van der Waals surface area contributed by atoms with Gasteiger partial charge >= 0.3 is 0 Å². The highest BCUT2D eigenvalue weighted by molar-refractivity contribution is 6.71. The Morgan fingerprint density at radius 1 is 0.258 bits per heavy atom. The van der Waals surface area contributed by atoms with E-state index in [1.54, 1.807) is 0 Å². The molecule has 0 unspecified atom stereocenters. The third-order valence-electron chi connectivity index (χ3n) is 8.49. The summed E-state index contributed by atoms with van der Waals surface area (Å²) < 4.78 is 0. The smallest absolute Gasteiger partial charge is 0.102 e. The van der Waals surface area contributed by atoms with Crippen molar-refractivity contribution in [3.05, 3.63) is 6.07 Å². The van der Waals surface area contributed by atoms with Crippen molar-refractivity contribution in [1.29, 1.82) is 0 Å². The summed E-state index contributed by atoms with van der Waals surface area (Å²) in [6, 6.07) is 2.33. The molecule has 0 N–H and O–H groups in total. The number of hydrogen-bond acceptors (Lipinski definition) is 0. The fourth-order valence-corrected chi connectivity index (χ4v) is 5.53. The minimum Gasteiger partial charge on any atom is -0.102 e. The summed E-state index contributed by atoms with van der Waals surface area (Å²) in [6.07, 6.45) is 0. The Bertz CT molecular complexity index is 1180. The SMILES string of the molecule is Bc1cc(B)c(B)c(-c2c(B)c(B)c(-c3c(B)c(B)c(B)c(B)c3B)c(B)c2B)c1B. The summed E-state index contributed by atoms with van der Waals surface area (Å²) in [5.74, 6) is 0. The zero-order valence-corrected chi connectivity index (χ0v) is 22.1. The lowest BCUT2D eigenvalue weighted by atomic mass is 9.55. The standard InChI is InChI=1S/C18H27B13/c19-2-1-3(20)9(22)4(8(2)21)5-10(23)12(25)6(13(26)11(5)24)7-14(27)16(29)18(31)17(30)15(7)28/h1H,19-31H2. The van der Waals surface area contributed by atoms with Crippen molar-refractivity contribution in [3.63, 3.8) is 0 Å². The fourth-order valence-electron chi connectivity index (χ4n) is 5.53. The first-order valence-corrected chi connectivity index (χ1v) is 11.6. The van der Waals surface area contributed by atoms with Crippen molar-refractivity contribution < 1.29 is 0 Å². The summed E-state index contributed by atoms with van der Waals surface area (Å²) in [6.45, 7) is 0. The molecule has 0 atom stereocenters. The van der Waals surface area contributed by atoms with Gasteiger partial charge in [-0.1, -0.05) is 60.7 Å². The molecule has 13 heteroatoms. The molecule has 0 saturated carbocycles. The Balaban J connectivity index is 2.50. The average molecular weight is 384 g/mol. The van der Waals surface area contributed by atoms with E-state index < -0.39 is 0 Å². The van der Waals surface area contributed by atoms with Gasteiger partial charge in [0.25, 0.3) is 0 Å². The van der Waals surface area contributed by atoms with Crippen molar-refractivity contribution in [2.45, 2.75) is 0 Å². The van der Waals surface area contributed by atoms with Gasteiger partial charge in [0.2, 0.25) is 0 Å². The molecule has 0 amide bonds. The van der Waals surface area contributed by atoms with Crippen LogP contribution in [0.25, 0.3) is 22.3 Å². The van der Waals surface area contributed by atoms with E-state index in [-0.39, 0.29) is 0 Å². The second kappa shape index (κ2) is 8.45. The quantitative estimate of drug-likeness (QED) is 0.386. The summed E-state index contributed by atoms with van der Waals surface area (Å²) in [5.41, 5.74) is 24.2. The summed E-state index contributed by atoms with van der Waals surface area (Å²) in [4.78, 5) is 0. The zero-order chi connectivity index (χ0) is 23.5. The Labute approximate surface area is 201 Å². The highest BCUT2D eigenvalue weighted by atomic mass is 14.2. The lowest BCUT2D eigenvalue weighted by Crippen LogP contribution is -2.57. The lowest BCUT2D eigenvalue weighted by molar-refractivity contribution is 1.83. The van der Waals surface area contributed by atoms with Crippen LogP contribution < -0.4 is 71.0 Å². The van der Waals surface area contributed by atoms with E-state index >= 15 is 0 Å². The first-order chi connectivity index (χ1) is 14.3. The molecule has 3 aromatic rings. The zero-order valence-electron chi connectivity index (χ0n) is 22.1. The van der Waals surface area contributed by atoms with Crippen molar-refractivity contribution >= 4 is 173 Å². The predicted molar refractivity (Wildman–Crippen MR) is 184 cm³/mol. The lowest BCUT2D eigenvalue weighted by Gasteiger charge is -2.29.